The van der Waals surface area contributed by atoms with Gasteiger partial charge in [0.15, 0.2) is 5.69 Å². The standard InChI is InChI=1S/C16H15ClFN5O.CH2O2/c1-10-8-19-5-4-12(10)20-6-7-21-16(24)14-15(18)23-9-11(17)2-3-13(23)22-14;2-1-3/h2-5,8-9H,6-7H2,1H3,(H,19,20)(H,21,24);1H,(H,2,3). The molecule has 3 aromatic heterocycles. The summed E-state index contributed by atoms with van der Waals surface area (Å²) in [4.78, 5) is 28.5. The SMILES string of the molecule is Cc1cnccc1NCCNC(=O)c1nc2ccc(Cl)cn2c1F.O=CO. The average molecular weight is 394 g/mol. The lowest BCUT2D eigenvalue weighted by molar-refractivity contribution is -0.122. The van der Waals surface area contributed by atoms with Gasteiger partial charge in [-0.05, 0) is 30.7 Å². The molecule has 3 aromatic rings. The number of rotatable bonds is 5. The van der Waals surface area contributed by atoms with Gasteiger partial charge < -0.3 is 15.7 Å². The number of carbonyl (C=O) groups excluding carboxylic acids is 1. The maximum Gasteiger partial charge on any atom is 0.290 e. The summed E-state index contributed by atoms with van der Waals surface area (Å²) in [6.07, 6.45) is 4.81. The molecule has 3 heterocycles. The third-order valence-electron chi connectivity index (χ3n) is 3.49. The number of nitrogens with zero attached hydrogens (tertiary/aromatic N) is 3. The van der Waals surface area contributed by atoms with Crippen molar-refractivity contribution in [2.75, 3.05) is 18.4 Å². The molecule has 1 amide bonds. The summed E-state index contributed by atoms with van der Waals surface area (Å²) >= 11 is 5.82. The van der Waals surface area contributed by atoms with Crippen LogP contribution in [0.15, 0.2) is 36.8 Å². The van der Waals surface area contributed by atoms with Gasteiger partial charge in [0.2, 0.25) is 5.95 Å². The first kappa shape index (κ1) is 20.1. The first-order valence-electron chi connectivity index (χ1n) is 7.81. The van der Waals surface area contributed by atoms with E-state index in [1.807, 2.05) is 13.0 Å². The van der Waals surface area contributed by atoms with Crippen molar-refractivity contribution < 1.29 is 19.1 Å². The maximum absolute atomic E-state index is 14.2. The van der Waals surface area contributed by atoms with Gasteiger partial charge in [-0.3, -0.25) is 19.0 Å². The zero-order valence-electron chi connectivity index (χ0n) is 14.3. The van der Waals surface area contributed by atoms with Gasteiger partial charge in [-0.25, -0.2) is 4.98 Å². The van der Waals surface area contributed by atoms with E-state index in [-0.39, 0.29) is 12.2 Å². The van der Waals surface area contributed by atoms with Crippen molar-refractivity contribution in [1.29, 1.82) is 0 Å². The second kappa shape index (κ2) is 9.48. The average Bonchev–Trinajstić information content (AvgIpc) is 2.97. The van der Waals surface area contributed by atoms with Crippen molar-refractivity contribution in [3.63, 3.8) is 0 Å². The zero-order chi connectivity index (χ0) is 19.8. The summed E-state index contributed by atoms with van der Waals surface area (Å²) in [5.74, 6) is -1.30. The molecule has 27 heavy (non-hydrogen) atoms. The van der Waals surface area contributed by atoms with Crippen molar-refractivity contribution in [1.82, 2.24) is 19.7 Å². The summed E-state index contributed by atoms with van der Waals surface area (Å²) in [7, 11) is 0. The Morgan fingerprint density at radius 3 is 2.81 bits per heavy atom. The molecule has 0 atom stereocenters. The van der Waals surface area contributed by atoms with Crippen LogP contribution in [0.3, 0.4) is 0 Å². The lowest BCUT2D eigenvalue weighted by atomic mass is 10.2. The Morgan fingerprint density at radius 2 is 2.11 bits per heavy atom. The second-order valence-electron chi connectivity index (χ2n) is 5.31. The summed E-state index contributed by atoms with van der Waals surface area (Å²) < 4.78 is 15.4. The Bertz CT molecular complexity index is 947. The number of carboxylic acid groups (broad SMARTS) is 1. The minimum atomic E-state index is -0.733. The van der Waals surface area contributed by atoms with Gasteiger partial charge in [0, 0.05) is 37.4 Å². The van der Waals surface area contributed by atoms with Crippen LogP contribution in [-0.2, 0) is 4.79 Å². The van der Waals surface area contributed by atoms with E-state index in [0.717, 1.165) is 15.7 Å². The molecule has 8 nitrogen and oxygen atoms in total. The number of halogens is 2. The van der Waals surface area contributed by atoms with E-state index in [1.165, 1.54) is 6.20 Å². The van der Waals surface area contributed by atoms with Crippen LogP contribution >= 0.6 is 11.6 Å². The topological polar surface area (TPSA) is 109 Å². The van der Waals surface area contributed by atoms with Gasteiger partial charge in [-0.1, -0.05) is 11.6 Å². The Balaban J connectivity index is 0.000000817. The molecule has 0 saturated carbocycles. The number of amides is 1. The van der Waals surface area contributed by atoms with E-state index in [4.69, 9.17) is 21.5 Å². The molecule has 0 unspecified atom stereocenters. The first-order valence-corrected chi connectivity index (χ1v) is 8.19. The van der Waals surface area contributed by atoms with E-state index in [2.05, 4.69) is 20.6 Å². The van der Waals surface area contributed by atoms with E-state index in [0.29, 0.717) is 23.8 Å². The van der Waals surface area contributed by atoms with Gasteiger partial charge in [0.25, 0.3) is 12.4 Å². The second-order valence-corrected chi connectivity index (χ2v) is 5.74. The summed E-state index contributed by atoms with van der Waals surface area (Å²) in [6, 6.07) is 4.99. The minimum absolute atomic E-state index is 0.250. The summed E-state index contributed by atoms with van der Waals surface area (Å²) in [6.45, 7) is 2.51. The lowest BCUT2D eigenvalue weighted by Crippen LogP contribution is -2.29. The molecular formula is C17H17ClFN5O3. The minimum Gasteiger partial charge on any atom is -0.483 e. The van der Waals surface area contributed by atoms with Crippen LogP contribution in [0.5, 0.6) is 0 Å². The highest BCUT2D eigenvalue weighted by Gasteiger charge is 2.18. The molecule has 0 aliphatic carbocycles. The van der Waals surface area contributed by atoms with E-state index in [1.54, 1.807) is 24.5 Å². The normalized spacial score (nSPS) is 10.0. The third-order valence-corrected chi connectivity index (χ3v) is 3.71. The number of hydrogen-bond acceptors (Lipinski definition) is 5. The molecule has 0 aliphatic rings. The van der Waals surface area contributed by atoms with Gasteiger partial charge in [0.1, 0.15) is 5.65 Å². The van der Waals surface area contributed by atoms with Crippen LogP contribution in [0.1, 0.15) is 16.1 Å². The zero-order valence-corrected chi connectivity index (χ0v) is 15.1. The highest BCUT2D eigenvalue weighted by Crippen LogP contribution is 2.15. The van der Waals surface area contributed by atoms with Gasteiger partial charge >= 0.3 is 0 Å². The Morgan fingerprint density at radius 1 is 1.37 bits per heavy atom. The fourth-order valence-corrected chi connectivity index (χ4v) is 2.42. The first-order chi connectivity index (χ1) is 13.0. The quantitative estimate of drug-likeness (QED) is 0.453. The van der Waals surface area contributed by atoms with Crippen molar-refractivity contribution in [2.45, 2.75) is 6.92 Å². The number of hydrogen-bond donors (Lipinski definition) is 3. The molecule has 3 N–H and O–H groups in total. The number of aromatic nitrogens is 3. The lowest BCUT2D eigenvalue weighted by Gasteiger charge is -2.09. The number of anilines is 1. The number of nitrogens with one attached hydrogen (secondary N) is 2. The fraction of sp³-hybridized carbons (Fsp3) is 0.176. The number of pyridine rings is 2. The van der Waals surface area contributed by atoms with Crippen LogP contribution in [0.2, 0.25) is 5.02 Å². The van der Waals surface area contributed by atoms with E-state index < -0.39 is 11.9 Å². The van der Waals surface area contributed by atoms with Crippen molar-refractivity contribution in [3.05, 3.63) is 59.0 Å². The van der Waals surface area contributed by atoms with Crippen LogP contribution in [0.25, 0.3) is 5.65 Å². The maximum atomic E-state index is 14.2. The predicted octanol–water partition coefficient (Wildman–Crippen LogP) is 2.37. The van der Waals surface area contributed by atoms with Gasteiger partial charge in [-0.2, -0.15) is 4.39 Å². The smallest absolute Gasteiger partial charge is 0.290 e. The van der Waals surface area contributed by atoms with Gasteiger partial charge in [-0.15, -0.1) is 0 Å². The summed E-state index contributed by atoms with van der Waals surface area (Å²) in [5, 5.41) is 13.1. The highest BCUT2D eigenvalue weighted by atomic mass is 35.5. The number of fused-ring (bicyclic) bond motifs is 1. The third kappa shape index (κ3) is 5.14. The van der Waals surface area contributed by atoms with Crippen molar-refractivity contribution >= 4 is 35.3 Å². The Labute approximate surface area is 159 Å². The molecule has 0 spiro atoms. The van der Waals surface area contributed by atoms with Crippen molar-refractivity contribution in [2.24, 2.45) is 0 Å². The number of aryl methyl sites for hydroxylation is 1. The number of carbonyl (C=O) groups is 2. The Kier molecular flexibility index (Phi) is 7.07. The molecule has 0 aliphatic heterocycles. The number of imidazole rings is 1. The Hall–Kier alpha value is -3.20. The van der Waals surface area contributed by atoms with Crippen LogP contribution < -0.4 is 10.6 Å². The molecular weight excluding hydrogens is 377 g/mol. The molecule has 0 fully saturated rings. The van der Waals surface area contributed by atoms with Crippen LogP contribution in [0.4, 0.5) is 10.1 Å². The van der Waals surface area contributed by atoms with Crippen LogP contribution in [-0.4, -0.2) is 44.9 Å². The van der Waals surface area contributed by atoms with E-state index in [9.17, 15) is 9.18 Å². The molecule has 0 radical (unpaired) electrons. The van der Waals surface area contributed by atoms with Gasteiger partial charge in [0.05, 0.1) is 5.02 Å². The molecule has 0 aromatic carbocycles. The monoisotopic (exact) mass is 393 g/mol. The molecule has 0 saturated heterocycles. The van der Waals surface area contributed by atoms with Crippen LogP contribution in [0, 0.1) is 12.9 Å². The molecule has 3 rings (SSSR count). The fourth-order valence-electron chi connectivity index (χ4n) is 2.26. The summed E-state index contributed by atoms with van der Waals surface area (Å²) in [5.41, 5.74) is 2.02. The molecule has 142 valence electrons. The van der Waals surface area contributed by atoms with Crippen molar-refractivity contribution in [3.8, 4) is 0 Å². The largest absolute Gasteiger partial charge is 0.483 e. The molecule has 0 bridgehead atoms. The highest BCUT2D eigenvalue weighted by molar-refractivity contribution is 6.30. The van der Waals surface area contributed by atoms with E-state index >= 15 is 0 Å². The predicted molar refractivity (Wildman–Crippen MR) is 98.6 cm³/mol. The molecule has 10 heteroatoms.